The zero-order chi connectivity index (χ0) is 46.2. The Morgan fingerprint density at radius 2 is 1.83 bits per heavy atom. The molecule has 1 saturated heterocycles. The van der Waals surface area contributed by atoms with Crippen molar-refractivity contribution in [1.82, 2.24) is 26.1 Å². The lowest BCUT2D eigenvalue weighted by atomic mass is 9.84. The van der Waals surface area contributed by atoms with Crippen molar-refractivity contribution >= 4 is 41.2 Å². The van der Waals surface area contributed by atoms with Crippen molar-refractivity contribution in [2.24, 2.45) is 17.8 Å². The number of cyclic esters (lactones) is 1. The van der Waals surface area contributed by atoms with Crippen LogP contribution >= 0.6 is 0 Å². The largest absolute Gasteiger partial charge is 0.508 e. The number of hydrazine groups is 1. The van der Waals surface area contributed by atoms with Crippen molar-refractivity contribution in [3.05, 3.63) is 102 Å². The summed E-state index contributed by atoms with van der Waals surface area (Å²) in [4.78, 5) is 84.8. The summed E-state index contributed by atoms with van der Waals surface area (Å²) >= 11 is 0. The van der Waals surface area contributed by atoms with Crippen LogP contribution in [0, 0.1) is 23.6 Å². The van der Waals surface area contributed by atoms with E-state index >= 15 is 0 Å². The van der Waals surface area contributed by atoms with Gasteiger partial charge in [-0.2, -0.15) is 0 Å². The molecule has 0 aliphatic carbocycles. The van der Waals surface area contributed by atoms with Crippen LogP contribution in [0.15, 0.2) is 90.7 Å². The molecule has 2 aromatic rings. The molecule has 2 aliphatic heterocycles. The first-order valence-electron chi connectivity index (χ1n) is 21.1. The number of benzene rings is 1. The number of ether oxygens (including phenoxy) is 1. The number of esters is 1. The maximum absolute atomic E-state index is 14.5. The first-order chi connectivity index (χ1) is 29.9. The molecule has 340 valence electrons. The van der Waals surface area contributed by atoms with Crippen molar-refractivity contribution < 1.29 is 53.2 Å². The summed E-state index contributed by atoms with van der Waals surface area (Å²) in [6, 6.07) is 4.64. The molecule has 1 aromatic heterocycles. The summed E-state index contributed by atoms with van der Waals surface area (Å²) in [7, 11) is 0. The van der Waals surface area contributed by atoms with Gasteiger partial charge in [-0.25, -0.2) is 14.8 Å². The van der Waals surface area contributed by atoms with Gasteiger partial charge in [0.1, 0.15) is 47.4 Å². The molecule has 1 fully saturated rings. The van der Waals surface area contributed by atoms with Gasteiger partial charge in [-0.1, -0.05) is 63.3 Å². The standard InChI is InChI=1S/C46H59FN6O10/c1-27(2)41-44(60)49-36(25-31-23-32(47)26-33(55)24-31)45(61)53-22-12-14-35(52-53)46(62)63-38(28(3)13-11-18-40(57)50-39-17-9-10-21-48-39)16-8-6-7-15-37(56)30(5)42(58)34(43(59)51-41)20-19-29(4)54/h6-11,13,15,17-18,21,23-24,26-27,30,34-38,41-42,52,55-56,58H,12,14,16,19-20,22,25H2,1-5H3,(H,49,60)(H,51,59)(H,48,50,57)/t30-,34+,35?,36-,37-,38-,41-,42+/m0/s1. The Morgan fingerprint density at radius 3 is 2.51 bits per heavy atom. The number of Topliss-reactive ketones (excluding diaryl/α,β-unsaturated/α-hetero) is 1. The van der Waals surface area contributed by atoms with Gasteiger partial charge in [-0.05, 0) is 74.4 Å². The number of phenolic OH excluding ortho intramolecular Hbond substituents is 1. The topological polar surface area (TPSA) is 237 Å². The number of rotatable bonds is 10. The number of aromatic nitrogens is 1. The number of fused-ring (bicyclic) bond motifs is 2. The molecule has 1 aromatic carbocycles. The van der Waals surface area contributed by atoms with E-state index in [1.54, 1.807) is 57.2 Å². The number of carbonyl (C=O) groups is 6. The third-order valence-electron chi connectivity index (χ3n) is 10.8. The summed E-state index contributed by atoms with van der Waals surface area (Å²) in [5, 5.41) is 41.9. The highest BCUT2D eigenvalue weighted by Gasteiger charge is 2.38. The molecule has 8 atom stereocenters. The van der Waals surface area contributed by atoms with Crippen LogP contribution in [-0.4, -0.2) is 104 Å². The van der Waals surface area contributed by atoms with E-state index < -0.39 is 95.4 Å². The monoisotopic (exact) mass is 874 g/mol. The SMILES string of the molecule is CC(=O)CC[C@H]1C(=O)N[C@@H](C(C)C)C(=O)N[C@@H](Cc2cc(O)cc(F)c2)C(=O)N2CCCC(N2)C(=O)O[C@H](C(C)=CC=CC(=O)Nc2ccccn2)CC=CC=C[C@H](O)[C@H](C)[C@H]1O. The zero-order valence-corrected chi connectivity index (χ0v) is 36.2. The highest BCUT2D eigenvalue weighted by molar-refractivity contribution is 5.98. The highest BCUT2D eigenvalue weighted by atomic mass is 19.1. The molecule has 7 N–H and O–H groups in total. The molecule has 2 aliphatic rings. The third kappa shape index (κ3) is 15.4. The fraction of sp³-hybridized carbons (Fsp3) is 0.457. The average Bonchev–Trinajstić information content (AvgIpc) is 3.23. The molecule has 63 heavy (non-hydrogen) atoms. The van der Waals surface area contributed by atoms with Crippen molar-refractivity contribution in [1.29, 1.82) is 0 Å². The number of pyridine rings is 1. The normalized spacial score (nSPS) is 26.0. The second-order valence-electron chi connectivity index (χ2n) is 16.3. The maximum atomic E-state index is 14.5. The first kappa shape index (κ1) is 49.6. The molecule has 0 saturated carbocycles. The minimum atomic E-state index is -1.47. The van der Waals surface area contributed by atoms with Gasteiger partial charge in [0.05, 0.1) is 18.1 Å². The van der Waals surface area contributed by atoms with Crippen LogP contribution in [0.25, 0.3) is 0 Å². The van der Waals surface area contributed by atoms with Crippen molar-refractivity contribution in [2.45, 2.75) is 110 Å². The van der Waals surface area contributed by atoms with Crippen LogP contribution < -0.4 is 21.4 Å². The number of halogens is 1. The van der Waals surface area contributed by atoms with E-state index in [2.05, 4.69) is 26.4 Å². The van der Waals surface area contributed by atoms with Gasteiger partial charge in [-0.3, -0.25) is 29.0 Å². The minimum absolute atomic E-state index is 0.0657. The second-order valence-corrected chi connectivity index (χ2v) is 16.3. The number of hydrogen-bond donors (Lipinski definition) is 7. The Hall–Kier alpha value is -6.04. The van der Waals surface area contributed by atoms with Crippen molar-refractivity contribution in [2.75, 3.05) is 11.9 Å². The number of nitrogens with one attached hydrogen (secondary N) is 4. The van der Waals surface area contributed by atoms with E-state index in [0.717, 1.165) is 12.1 Å². The van der Waals surface area contributed by atoms with Crippen LogP contribution in [-0.2, 0) is 39.9 Å². The summed E-state index contributed by atoms with van der Waals surface area (Å²) in [5.74, 6) is -7.14. The quantitative estimate of drug-likeness (QED) is 0.103. The summed E-state index contributed by atoms with van der Waals surface area (Å²) < 4.78 is 20.5. The lowest BCUT2D eigenvalue weighted by molar-refractivity contribution is -0.156. The van der Waals surface area contributed by atoms with Crippen molar-refractivity contribution in [3.63, 3.8) is 0 Å². The van der Waals surface area contributed by atoms with Gasteiger partial charge in [-0.15, -0.1) is 0 Å². The van der Waals surface area contributed by atoms with E-state index in [-0.39, 0.29) is 50.0 Å². The number of phenols is 1. The number of aliphatic hydroxyl groups excluding tert-OH is 2. The summed E-state index contributed by atoms with van der Waals surface area (Å²) in [6.45, 7) is 8.03. The number of hydrogen-bond acceptors (Lipinski definition) is 12. The zero-order valence-electron chi connectivity index (χ0n) is 36.2. The average molecular weight is 875 g/mol. The molecular weight excluding hydrogens is 816 g/mol. The van der Waals surface area contributed by atoms with Crippen LogP contribution in [0.1, 0.15) is 72.3 Å². The molecular formula is C46H59FN6O10. The number of allylic oxidation sites excluding steroid dienone is 4. The van der Waals surface area contributed by atoms with Crippen molar-refractivity contribution in [3.8, 4) is 5.75 Å². The van der Waals surface area contributed by atoms with Crippen LogP contribution in [0.3, 0.4) is 0 Å². The Bertz CT molecular complexity index is 2040. The van der Waals surface area contributed by atoms with E-state index in [9.17, 15) is 48.5 Å². The number of aliphatic hydroxyl groups is 2. The molecule has 0 spiro atoms. The van der Waals surface area contributed by atoms with Crippen LogP contribution in [0.2, 0.25) is 0 Å². The lowest BCUT2D eigenvalue weighted by Gasteiger charge is -2.36. The predicted molar refractivity (Wildman–Crippen MR) is 231 cm³/mol. The molecule has 4 amide bonds. The van der Waals surface area contributed by atoms with Gasteiger partial charge in [0.25, 0.3) is 5.91 Å². The molecule has 2 bridgehead atoms. The third-order valence-corrected chi connectivity index (χ3v) is 10.8. The lowest BCUT2D eigenvalue weighted by Crippen LogP contribution is -2.62. The van der Waals surface area contributed by atoms with Crippen LogP contribution in [0.4, 0.5) is 10.2 Å². The molecule has 1 unspecified atom stereocenters. The Balaban J connectivity index is 1.71. The Kier molecular flexibility index (Phi) is 18.9. The fourth-order valence-electron chi connectivity index (χ4n) is 7.11. The first-order valence-corrected chi connectivity index (χ1v) is 21.1. The Morgan fingerprint density at radius 1 is 1.06 bits per heavy atom. The highest BCUT2D eigenvalue weighted by Crippen LogP contribution is 2.24. The van der Waals surface area contributed by atoms with E-state index in [1.165, 1.54) is 55.4 Å². The van der Waals surface area contributed by atoms with Gasteiger partial charge in [0.15, 0.2) is 0 Å². The van der Waals surface area contributed by atoms with Gasteiger partial charge < -0.3 is 40.8 Å². The minimum Gasteiger partial charge on any atom is -0.508 e. The van der Waals surface area contributed by atoms with E-state index in [1.807, 2.05) is 0 Å². The van der Waals surface area contributed by atoms with Gasteiger partial charge in [0, 0.05) is 50.1 Å². The van der Waals surface area contributed by atoms with Gasteiger partial charge >= 0.3 is 5.97 Å². The number of carbonyl (C=O) groups excluding carboxylic acids is 6. The summed E-state index contributed by atoms with van der Waals surface area (Å²) in [6.07, 6.45) is 8.96. The maximum Gasteiger partial charge on any atom is 0.325 e. The van der Waals surface area contributed by atoms with E-state index in [0.29, 0.717) is 17.8 Å². The number of aromatic hydroxyl groups is 1. The molecule has 16 nitrogen and oxygen atoms in total. The number of ketones is 1. The Labute approximate surface area is 366 Å². The smallest absolute Gasteiger partial charge is 0.325 e. The van der Waals surface area contributed by atoms with E-state index in [4.69, 9.17) is 4.74 Å². The van der Waals surface area contributed by atoms with Crippen LogP contribution in [0.5, 0.6) is 5.75 Å². The number of anilines is 1. The number of amides is 4. The molecule has 17 heteroatoms. The summed E-state index contributed by atoms with van der Waals surface area (Å²) in [5.41, 5.74) is 3.66. The molecule has 0 radical (unpaired) electrons. The molecule has 4 rings (SSSR count). The molecule has 3 heterocycles. The predicted octanol–water partition coefficient (Wildman–Crippen LogP) is 3.50. The number of nitrogens with zero attached hydrogens (tertiary/aromatic N) is 2. The fourth-order valence-corrected chi connectivity index (χ4v) is 7.11. The second kappa shape index (κ2) is 24.0. The van der Waals surface area contributed by atoms with Gasteiger partial charge in [0.2, 0.25) is 17.7 Å².